The Kier molecular flexibility index (Phi) is 3.95. The predicted octanol–water partition coefficient (Wildman–Crippen LogP) is 2.44. The number of nitrogens with zero attached hydrogens (tertiary/aromatic N) is 3. The molecule has 1 N–H and O–H groups in total. The molecule has 2 rings (SSSR count). The molecule has 1 aromatic rings. The minimum absolute atomic E-state index is 0.00716. The third-order valence-corrected chi connectivity index (χ3v) is 3.60. The third kappa shape index (κ3) is 3.71. The number of carbonyl (C=O) groups excluding carboxylic acids is 1. The summed E-state index contributed by atoms with van der Waals surface area (Å²) in [6.45, 7) is 13.7. The van der Waals surface area contributed by atoms with Crippen LogP contribution in [-0.2, 0) is 10.2 Å². The van der Waals surface area contributed by atoms with Crippen LogP contribution in [0.1, 0.15) is 47.2 Å². The second kappa shape index (κ2) is 5.28. The highest BCUT2D eigenvalue weighted by Crippen LogP contribution is 2.24. The zero-order valence-corrected chi connectivity index (χ0v) is 13.9. The summed E-state index contributed by atoms with van der Waals surface area (Å²) in [5.41, 5.74) is 0.717. The molecular weight excluding hydrogens is 264 g/mol. The SMILES string of the molecule is CC(C)(C)C(=O)N1CC(Nc2cc(C(C)(C)C)ncn2)C1. The van der Waals surface area contributed by atoms with Gasteiger partial charge >= 0.3 is 0 Å². The first-order chi connectivity index (χ1) is 9.57. The van der Waals surface area contributed by atoms with Crippen LogP contribution in [0.2, 0.25) is 0 Å². The van der Waals surface area contributed by atoms with Gasteiger partial charge in [-0.05, 0) is 0 Å². The smallest absolute Gasteiger partial charge is 0.228 e. The molecule has 116 valence electrons. The van der Waals surface area contributed by atoms with E-state index in [0.717, 1.165) is 24.6 Å². The van der Waals surface area contributed by atoms with Crippen molar-refractivity contribution in [2.24, 2.45) is 5.41 Å². The van der Waals surface area contributed by atoms with Crippen molar-refractivity contribution in [1.82, 2.24) is 14.9 Å². The first kappa shape index (κ1) is 15.7. The van der Waals surface area contributed by atoms with E-state index >= 15 is 0 Å². The topological polar surface area (TPSA) is 58.1 Å². The van der Waals surface area contributed by atoms with Crippen molar-refractivity contribution in [2.75, 3.05) is 18.4 Å². The fraction of sp³-hybridized carbons (Fsp3) is 0.688. The van der Waals surface area contributed by atoms with Gasteiger partial charge in [0.2, 0.25) is 5.91 Å². The molecule has 2 heterocycles. The molecule has 0 bridgehead atoms. The zero-order valence-electron chi connectivity index (χ0n) is 13.9. The molecule has 1 aliphatic rings. The number of nitrogens with one attached hydrogen (secondary N) is 1. The van der Waals surface area contributed by atoms with Crippen LogP contribution in [-0.4, -0.2) is 39.9 Å². The van der Waals surface area contributed by atoms with Crippen molar-refractivity contribution in [3.8, 4) is 0 Å². The van der Waals surface area contributed by atoms with Gasteiger partial charge in [0.1, 0.15) is 12.1 Å². The molecule has 1 saturated heterocycles. The van der Waals surface area contributed by atoms with Crippen LogP contribution >= 0.6 is 0 Å². The highest BCUT2D eigenvalue weighted by Gasteiger charge is 2.36. The van der Waals surface area contributed by atoms with Gasteiger partial charge in [0.25, 0.3) is 0 Å². The van der Waals surface area contributed by atoms with Gasteiger partial charge < -0.3 is 10.2 Å². The lowest BCUT2D eigenvalue weighted by atomic mass is 9.91. The number of carbonyl (C=O) groups is 1. The van der Waals surface area contributed by atoms with Crippen LogP contribution in [0, 0.1) is 5.41 Å². The van der Waals surface area contributed by atoms with Gasteiger partial charge in [-0.1, -0.05) is 41.5 Å². The molecule has 1 amide bonds. The fourth-order valence-corrected chi connectivity index (χ4v) is 2.27. The largest absolute Gasteiger partial charge is 0.364 e. The van der Waals surface area contributed by atoms with E-state index in [2.05, 4.69) is 36.1 Å². The van der Waals surface area contributed by atoms with E-state index in [-0.39, 0.29) is 22.8 Å². The van der Waals surface area contributed by atoms with Crippen LogP contribution in [0.25, 0.3) is 0 Å². The minimum atomic E-state index is -0.306. The summed E-state index contributed by atoms with van der Waals surface area (Å²) in [6.07, 6.45) is 1.60. The second-order valence-electron chi connectivity index (χ2n) is 7.84. The summed E-state index contributed by atoms with van der Waals surface area (Å²) in [5, 5.41) is 3.38. The van der Waals surface area contributed by atoms with E-state index in [4.69, 9.17) is 0 Å². The average Bonchev–Trinajstić information content (AvgIpc) is 2.30. The molecule has 21 heavy (non-hydrogen) atoms. The van der Waals surface area contributed by atoms with Crippen LogP contribution in [0.15, 0.2) is 12.4 Å². The van der Waals surface area contributed by atoms with Crippen LogP contribution in [0.4, 0.5) is 5.82 Å². The van der Waals surface area contributed by atoms with Gasteiger partial charge in [-0.25, -0.2) is 9.97 Å². The average molecular weight is 290 g/mol. The maximum absolute atomic E-state index is 12.1. The van der Waals surface area contributed by atoms with Crippen molar-refractivity contribution >= 4 is 11.7 Å². The standard InChI is InChI=1S/C16H26N4O/c1-15(2,3)12-7-13(18-10-17-12)19-11-8-20(9-11)14(21)16(4,5)6/h7,10-11H,8-9H2,1-6H3,(H,17,18,19). The Morgan fingerprint density at radius 3 is 2.33 bits per heavy atom. The number of likely N-dealkylation sites (tertiary alicyclic amines) is 1. The van der Waals surface area contributed by atoms with E-state index in [9.17, 15) is 4.79 Å². The van der Waals surface area contributed by atoms with Gasteiger partial charge in [-0.3, -0.25) is 4.79 Å². The fourth-order valence-electron chi connectivity index (χ4n) is 2.27. The van der Waals surface area contributed by atoms with Crippen molar-refractivity contribution < 1.29 is 4.79 Å². The van der Waals surface area contributed by atoms with Gasteiger partial charge in [0.05, 0.1) is 11.7 Å². The first-order valence-corrected chi connectivity index (χ1v) is 7.46. The zero-order chi connectivity index (χ0) is 15.8. The Balaban J connectivity index is 1.93. The predicted molar refractivity (Wildman–Crippen MR) is 84.2 cm³/mol. The lowest BCUT2D eigenvalue weighted by Gasteiger charge is -2.42. The van der Waals surface area contributed by atoms with Gasteiger partial charge in [0.15, 0.2) is 0 Å². The maximum atomic E-state index is 12.1. The summed E-state index contributed by atoms with van der Waals surface area (Å²) in [7, 11) is 0. The van der Waals surface area contributed by atoms with E-state index in [1.807, 2.05) is 31.7 Å². The first-order valence-electron chi connectivity index (χ1n) is 7.46. The Morgan fingerprint density at radius 1 is 1.19 bits per heavy atom. The number of anilines is 1. The number of hydrogen-bond acceptors (Lipinski definition) is 4. The lowest BCUT2D eigenvalue weighted by molar-refractivity contribution is -0.143. The maximum Gasteiger partial charge on any atom is 0.228 e. The summed E-state index contributed by atoms with van der Waals surface area (Å²) >= 11 is 0. The molecule has 0 saturated carbocycles. The second-order valence-corrected chi connectivity index (χ2v) is 7.84. The summed E-state index contributed by atoms with van der Waals surface area (Å²) in [6, 6.07) is 2.27. The van der Waals surface area contributed by atoms with Crippen molar-refractivity contribution in [1.29, 1.82) is 0 Å². The summed E-state index contributed by atoms with van der Waals surface area (Å²) in [5.74, 6) is 1.04. The van der Waals surface area contributed by atoms with Crippen LogP contribution in [0.3, 0.4) is 0 Å². The molecule has 0 aliphatic carbocycles. The number of aromatic nitrogens is 2. The third-order valence-electron chi connectivity index (χ3n) is 3.60. The molecule has 5 heteroatoms. The molecule has 1 aromatic heterocycles. The van der Waals surface area contributed by atoms with E-state index in [1.54, 1.807) is 6.33 Å². The molecule has 0 radical (unpaired) electrons. The Morgan fingerprint density at radius 2 is 1.81 bits per heavy atom. The van der Waals surface area contributed by atoms with Gasteiger partial charge in [-0.2, -0.15) is 0 Å². The molecule has 0 atom stereocenters. The monoisotopic (exact) mass is 290 g/mol. The summed E-state index contributed by atoms with van der Waals surface area (Å²) < 4.78 is 0. The Hall–Kier alpha value is -1.65. The minimum Gasteiger partial charge on any atom is -0.364 e. The van der Waals surface area contributed by atoms with Crippen molar-refractivity contribution in [2.45, 2.75) is 53.0 Å². The van der Waals surface area contributed by atoms with Crippen LogP contribution in [0.5, 0.6) is 0 Å². The van der Waals surface area contributed by atoms with Gasteiger partial charge in [-0.15, -0.1) is 0 Å². The highest BCUT2D eigenvalue weighted by atomic mass is 16.2. The lowest BCUT2D eigenvalue weighted by Crippen LogP contribution is -2.59. The molecule has 1 aliphatic heterocycles. The number of hydrogen-bond donors (Lipinski definition) is 1. The quantitative estimate of drug-likeness (QED) is 0.909. The summed E-state index contributed by atoms with van der Waals surface area (Å²) in [4.78, 5) is 22.6. The molecule has 0 unspecified atom stereocenters. The molecule has 0 spiro atoms. The number of rotatable bonds is 2. The van der Waals surface area contributed by atoms with Crippen LogP contribution < -0.4 is 5.32 Å². The van der Waals surface area contributed by atoms with E-state index < -0.39 is 0 Å². The van der Waals surface area contributed by atoms with Crippen molar-refractivity contribution in [3.63, 3.8) is 0 Å². The molecular formula is C16H26N4O. The number of amides is 1. The van der Waals surface area contributed by atoms with Gasteiger partial charge in [0, 0.05) is 30.0 Å². The normalized spacial score (nSPS) is 16.6. The highest BCUT2D eigenvalue weighted by molar-refractivity contribution is 5.82. The molecule has 1 fully saturated rings. The molecule has 5 nitrogen and oxygen atoms in total. The molecule has 0 aromatic carbocycles. The Bertz CT molecular complexity index is 522. The van der Waals surface area contributed by atoms with E-state index in [1.165, 1.54) is 0 Å². The Labute approximate surface area is 127 Å². The van der Waals surface area contributed by atoms with Crippen molar-refractivity contribution in [3.05, 3.63) is 18.1 Å². The van der Waals surface area contributed by atoms with E-state index in [0.29, 0.717) is 0 Å².